The minimum absolute atomic E-state index is 0.0186. The smallest absolute Gasteiger partial charge is 0.326 e. The quantitative estimate of drug-likeness (QED) is 0.0339. The van der Waals surface area contributed by atoms with Gasteiger partial charge in [0, 0.05) is 45.4 Å². The van der Waals surface area contributed by atoms with Crippen LogP contribution in [0.15, 0.2) is 0 Å². The van der Waals surface area contributed by atoms with E-state index in [1.54, 1.807) is 13.8 Å². The number of carbonyl (C=O) groups is 7. The molecule has 0 aromatic rings. The highest BCUT2D eigenvalue weighted by Crippen LogP contribution is 2.14. The van der Waals surface area contributed by atoms with Gasteiger partial charge in [-0.1, -0.05) is 84.0 Å². The van der Waals surface area contributed by atoms with Gasteiger partial charge in [0.1, 0.15) is 30.8 Å². The molecule has 0 aliphatic rings. The maximum atomic E-state index is 12.3. The number of hydrogen-bond acceptors (Lipinski definition) is 13. The largest absolute Gasteiger partial charge is 0.480 e. The van der Waals surface area contributed by atoms with E-state index in [1.165, 1.54) is 51.4 Å². The third kappa shape index (κ3) is 42.2. The summed E-state index contributed by atoms with van der Waals surface area (Å²) in [5.74, 6) is -2.03. The highest BCUT2D eigenvalue weighted by Gasteiger charge is 2.21. The molecule has 18 heteroatoms. The fourth-order valence-corrected chi connectivity index (χ4v) is 6.37. The van der Waals surface area contributed by atoms with Gasteiger partial charge in [-0.05, 0) is 52.4 Å². The van der Waals surface area contributed by atoms with Crippen LogP contribution in [-0.4, -0.2) is 137 Å². The topological polar surface area (TPSA) is 249 Å². The third-order valence-electron chi connectivity index (χ3n) is 10.0. The van der Waals surface area contributed by atoms with Crippen molar-refractivity contribution in [2.24, 2.45) is 0 Å². The molecule has 2 atom stereocenters. The molecule has 4 amide bonds. The number of amides is 4. The molecule has 0 rings (SSSR count). The number of aliphatic carboxylic acids is 1. The second-order valence-corrected chi connectivity index (χ2v) is 15.9. The van der Waals surface area contributed by atoms with Gasteiger partial charge in [0.05, 0.1) is 45.7 Å². The number of ether oxygens (including phenoxy) is 4. The molecule has 63 heavy (non-hydrogen) atoms. The van der Waals surface area contributed by atoms with Crippen LogP contribution >= 0.6 is 0 Å². The SMILES string of the molecule is CCNNC(CCCCNC(=O)COCCOCCNC(=O)COCCOCCNC(=O)CCC(NC(=O)CCCCCCCCCCCCCCCCC(C)=O)C(=O)O)C(C)=O. The van der Waals surface area contributed by atoms with Crippen molar-refractivity contribution in [2.75, 3.05) is 79.0 Å². The molecule has 0 saturated heterocycles. The number of rotatable bonds is 47. The summed E-state index contributed by atoms with van der Waals surface area (Å²) in [6, 6.07) is -1.37. The molecule has 0 aromatic heterocycles. The standard InChI is InChI=1S/C45H84N6O12/c1-4-49-51-39(38(3)53)22-19-20-26-46-43(56)35-62-33-32-61-30-28-48-44(57)36-63-34-31-60-29-27-47-41(54)25-24-40(45(58)59)50-42(55)23-18-16-14-12-10-8-6-5-7-9-11-13-15-17-21-37(2)52/h39-40,49,51H,4-36H2,1-3H3,(H,46,56)(H,47,54)(H,48,57)(H,50,55)(H,58,59). The summed E-state index contributed by atoms with van der Waals surface area (Å²) in [5, 5.41) is 20.2. The zero-order chi connectivity index (χ0) is 46.6. The summed E-state index contributed by atoms with van der Waals surface area (Å²) >= 11 is 0. The van der Waals surface area contributed by atoms with E-state index >= 15 is 0 Å². The first-order valence-electron chi connectivity index (χ1n) is 23.6. The lowest BCUT2D eigenvalue weighted by molar-refractivity contribution is -0.142. The average molecular weight is 901 g/mol. The highest BCUT2D eigenvalue weighted by atomic mass is 16.5. The van der Waals surface area contributed by atoms with Crippen LogP contribution in [0, 0.1) is 0 Å². The van der Waals surface area contributed by atoms with Crippen molar-refractivity contribution in [3.05, 3.63) is 0 Å². The van der Waals surface area contributed by atoms with Crippen molar-refractivity contribution < 1.29 is 57.6 Å². The molecule has 0 spiro atoms. The summed E-state index contributed by atoms with van der Waals surface area (Å²) in [4.78, 5) is 82.7. The summed E-state index contributed by atoms with van der Waals surface area (Å²) in [6.07, 6.45) is 19.1. The molecule has 7 N–H and O–H groups in total. The lowest BCUT2D eigenvalue weighted by Crippen LogP contribution is -2.44. The minimum atomic E-state index is -1.18. The van der Waals surface area contributed by atoms with Crippen molar-refractivity contribution >= 4 is 41.2 Å². The summed E-state index contributed by atoms with van der Waals surface area (Å²) in [5.41, 5.74) is 5.94. The van der Waals surface area contributed by atoms with E-state index in [0.717, 1.165) is 51.5 Å². The van der Waals surface area contributed by atoms with Crippen LogP contribution in [0.25, 0.3) is 0 Å². The van der Waals surface area contributed by atoms with Crippen molar-refractivity contribution in [3.63, 3.8) is 0 Å². The van der Waals surface area contributed by atoms with Crippen LogP contribution in [-0.2, 0) is 52.5 Å². The maximum Gasteiger partial charge on any atom is 0.326 e. The number of carboxylic acid groups (broad SMARTS) is 1. The van der Waals surface area contributed by atoms with Crippen LogP contribution in [0.4, 0.5) is 0 Å². The van der Waals surface area contributed by atoms with Gasteiger partial charge in [-0.2, -0.15) is 0 Å². The van der Waals surface area contributed by atoms with Crippen molar-refractivity contribution in [3.8, 4) is 0 Å². The highest BCUT2D eigenvalue weighted by molar-refractivity contribution is 5.84. The predicted octanol–water partition coefficient (Wildman–Crippen LogP) is 3.82. The molecule has 0 radical (unpaired) electrons. The Morgan fingerprint density at radius 2 is 0.921 bits per heavy atom. The van der Waals surface area contributed by atoms with E-state index in [0.29, 0.717) is 25.8 Å². The Morgan fingerprint density at radius 1 is 0.460 bits per heavy atom. The molecule has 0 aliphatic heterocycles. The fraction of sp³-hybridized carbons (Fsp3) is 0.844. The van der Waals surface area contributed by atoms with E-state index < -0.39 is 12.0 Å². The zero-order valence-corrected chi connectivity index (χ0v) is 38.9. The molecule has 0 fully saturated rings. The molecule has 0 saturated carbocycles. The molecule has 0 heterocycles. The van der Waals surface area contributed by atoms with Crippen LogP contribution in [0.2, 0.25) is 0 Å². The van der Waals surface area contributed by atoms with Gasteiger partial charge in [-0.3, -0.25) is 29.4 Å². The van der Waals surface area contributed by atoms with E-state index in [2.05, 4.69) is 32.1 Å². The van der Waals surface area contributed by atoms with E-state index in [1.807, 2.05) is 6.92 Å². The first-order valence-corrected chi connectivity index (χ1v) is 23.6. The monoisotopic (exact) mass is 901 g/mol. The minimum Gasteiger partial charge on any atom is -0.480 e. The molecule has 0 aliphatic carbocycles. The Bertz CT molecular complexity index is 1230. The zero-order valence-electron chi connectivity index (χ0n) is 38.9. The molecule has 0 bridgehead atoms. The Morgan fingerprint density at radius 3 is 1.40 bits per heavy atom. The summed E-state index contributed by atoms with van der Waals surface area (Å²) in [7, 11) is 0. The van der Waals surface area contributed by atoms with Gasteiger partial charge in [-0.15, -0.1) is 0 Å². The Kier molecular flexibility index (Phi) is 41.2. The number of unbranched alkanes of at least 4 members (excludes halogenated alkanes) is 14. The number of Topliss-reactive ketones (excluding diaryl/α,β-unsaturated/α-hetero) is 2. The molecule has 18 nitrogen and oxygen atoms in total. The molecule has 2 unspecified atom stereocenters. The summed E-state index contributed by atoms with van der Waals surface area (Å²) < 4.78 is 21.4. The lowest BCUT2D eigenvalue weighted by Gasteiger charge is -2.15. The number of hydrazine groups is 1. The van der Waals surface area contributed by atoms with Crippen LogP contribution in [0.1, 0.15) is 156 Å². The Balaban J connectivity index is 3.67. The number of carbonyl (C=O) groups excluding carboxylic acids is 6. The first kappa shape index (κ1) is 59.5. The van der Waals surface area contributed by atoms with Crippen molar-refractivity contribution in [1.82, 2.24) is 32.1 Å². The number of nitrogens with one attached hydrogen (secondary N) is 6. The molecule has 366 valence electrons. The fourth-order valence-electron chi connectivity index (χ4n) is 6.37. The second-order valence-electron chi connectivity index (χ2n) is 15.9. The number of hydrogen-bond donors (Lipinski definition) is 7. The third-order valence-corrected chi connectivity index (χ3v) is 10.0. The predicted molar refractivity (Wildman–Crippen MR) is 241 cm³/mol. The van der Waals surface area contributed by atoms with Gasteiger partial charge in [0.2, 0.25) is 23.6 Å². The number of ketones is 2. The van der Waals surface area contributed by atoms with Crippen LogP contribution in [0.5, 0.6) is 0 Å². The summed E-state index contributed by atoms with van der Waals surface area (Å²) in [6.45, 7) is 7.97. The Hall–Kier alpha value is -3.55. The van der Waals surface area contributed by atoms with Gasteiger partial charge in [0.15, 0.2) is 0 Å². The lowest BCUT2D eigenvalue weighted by atomic mass is 10.0. The first-order chi connectivity index (χ1) is 30.5. The van der Waals surface area contributed by atoms with E-state index in [-0.39, 0.29) is 126 Å². The molecule has 0 aromatic carbocycles. The van der Waals surface area contributed by atoms with Crippen molar-refractivity contribution in [1.29, 1.82) is 0 Å². The normalized spacial score (nSPS) is 12.0. The van der Waals surface area contributed by atoms with Crippen molar-refractivity contribution in [2.45, 2.75) is 168 Å². The van der Waals surface area contributed by atoms with Gasteiger partial charge in [-0.25, -0.2) is 10.2 Å². The maximum absolute atomic E-state index is 12.3. The van der Waals surface area contributed by atoms with Crippen LogP contribution in [0.3, 0.4) is 0 Å². The second kappa shape index (κ2) is 43.7. The number of carboxylic acids is 1. The van der Waals surface area contributed by atoms with E-state index in [9.17, 15) is 38.7 Å². The van der Waals surface area contributed by atoms with Gasteiger partial charge in [0.25, 0.3) is 0 Å². The van der Waals surface area contributed by atoms with Crippen LogP contribution < -0.4 is 32.1 Å². The van der Waals surface area contributed by atoms with Gasteiger partial charge >= 0.3 is 5.97 Å². The molecular formula is C45H84N6O12. The molecular weight excluding hydrogens is 817 g/mol. The Labute approximate surface area is 376 Å². The average Bonchev–Trinajstić information content (AvgIpc) is 3.24. The van der Waals surface area contributed by atoms with Gasteiger partial charge < -0.3 is 50.1 Å². The van der Waals surface area contributed by atoms with E-state index in [4.69, 9.17) is 18.9 Å².